The van der Waals surface area contributed by atoms with E-state index >= 15 is 0 Å². The lowest BCUT2D eigenvalue weighted by atomic mass is 9.82. The van der Waals surface area contributed by atoms with Gasteiger partial charge in [-0.3, -0.25) is 0 Å². The van der Waals surface area contributed by atoms with Gasteiger partial charge in [-0.15, -0.1) is 0 Å². The Labute approximate surface area is 273 Å². The van der Waals surface area contributed by atoms with E-state index in [1.165, 1.54) is 44.5 Å². The maximum absolute atomic E-state index is 6.46. The molecule has 2 aliphatic rings. The van der Waals surface area contributed by atoms with Crippen LogP contribution in [-0.4, -0.2) is 9.97 Å². The molecule has 224 valence electrons. The Morgan fingerprint density at radius 2 is 1.06 bits per heavy atom. The van der Waals surface area contributed by atoms with Crippen LogP contribution in [0.25, 0.3) is 77.7 Å². The molecule has 0 unspecified atom stereocenters. The molecule has 0 saturated heterocycles. The van der Waals surface area contributed by atoms with Gasteiger partial charge in [0.1, 0.15) is 11.2 Å². The van der Waals surface area contributed by atoms with Crippen molar-refractivity contribution in [3.05, 3.63) is 144 Å². The fourth-order valence-electron chi connectivity index (χ4n) is 8.39. The van der Waals surface area contributed by atoms with Crippen LogP contribution in [0, 0.1) is 0 Å². The van der Waals surface area contributed by atoms with Gasteiger partial charge >= 0.3 is 0 Å². The van der Waals surface area contributed by atoms with Crippen LogP contribution < -0.4 is 0 Å². The summed E-state index contributed by atoms with van der Waals surface area (Å²) in [4.78, 5) is 10.4. The first-order valence-corrected chi connectivity index (χ1v) is 16.4. The van der Waals surface area contributed by atoms with Crippen molar-refractivity contribution in [2.45, 2.75) is 38.5 Å². The monoisotopic (exact) mass is 604 g/mol. The molecule has 6 aromatic carbocycles. The van der Waals surface area contributed by atoms with Crippen molar-refractivity contribution in [3.63, 3.8) is 0 Å². The molecule has 3 nitrogen and oxygen atoms in total. The Hall–Kier alpha value is -5.54. The first-order chi connectivity index (χ1) is 22.8. The Morgan fingerprint density at radius 1 is 0.447 bits per heavy atom. The number of rotatable bonds is 2. The van der Waals surface area contributed by atoms with Gasteiger partial charge in [0.2, 0.25) is 0 Å². The third-order valence-electron chi connectivity index (χ3n) is 10.9. The number of furan rings is 1. The van der Waals surface area contributed by atoms with Gasteiger partial charge in [0, 0.05) is 38.1 Å². The van der Waals surface area contributed by atoms with E-state index in [0.717, 1.165) is 49.7 Å². The molecule has 0 radical (unpaired) electrons. The van der Waals surface area contributed by atoms with E-state index in [-0.39, 0.29) is 10.8 Å². The average Bonchev–Trinajstić information content (AvgIpc) is 3.65. The van der Waals surface area contributed by atoms with Gasteiger partial charge in [-0.2, -0.15) is 0 Å². The van der Waals surface area contributed by atoms with E-state index in [1.54, 1.807) is 0 Å². The topological polar surface area (TPSA) is 38.9 Å². The number of fused-ring (bicyclic) bond motifs is 10. The second-order valence-electron chi connectivity index (χ2n) is 14.2. The van der Waals surface area contributed by atoms with E-state index in [1.807, 2.05) is 0 Å². The summed E-state index contributed by atoms with van der Waals surface area (Å²) in [5.41, 5.74) is 16.2. The van der Waals surface area contributed by atoms with Gasteiger partial charge in [-0.05, 0) is 87.0 Å². The van der Waals surface area contributed by atoms with E-state index < -0.39 is 0 Å². The molecule has 3 heteroatoms. The summed E-state index contributed by atoms with van der Waals surface area (Å²) >= 11 is 0. The predicted octanol–water partition coefficient (Wildman–Crippen LogP) is 11.5. The second-order valence-corrected chi connectivity index (χ2v) is 14.2. The van der Waals surface area contributed by atoms with Crippen molar-refractivity contribution < 1.29 is 4.42 Å². The Balaban J connectivity index is 1.15. The molecule has 2 aliphatic carbocycles. The van der Waals surface area contributed by atoms with E-state index in [9.17, 15) is 0 Å². The van der Waals surface area contributed by atoms with Gasteiger partial charge < -0.3 is 4.42 Å². The number of nitrogens with zero attached hydrogens (tertiary/aromatic N) is 2. The molecule has 2 heterocycles. The van der Waals surface area contributed by atoms with E-state index in [0.29, 0.717) is 5.82 Å². The molecule has 2 aromatic heterocycles. The molecule has 0 fully saturated rings. The highest BCUT2D eigenvalue weighted by molar-refractivity contribution is 6.08. The van der Waals surface area contributed by atoms with Crippen molar-refractivity contribution in [1.82, 2.24) is 9.97 Å². The van der Waals surface area contributed by atoms with Crippen LogP contribution in [-0.2, 0) is 10.8 Å². The summed E-state index contributed by atoms with van der Waals surface area (Å²) in [7, 11) is 0. The zero-order chi connectivity index (χ0) is 31.7. The lowest BCUT2D eigenvalue weighted by Crippen LogP contribution is -2.15. The smallest absolute Gasteiger partial charge is 0.160 e. The van der Waals surface area contributed by atoms with Crippen LogP contribution in [0.2, 0.25) is 0 Å². The SMILES string of the molecule is CC1(C)c2ccccc2-c2ccc(-c3nc(-c4ccc5oc6cc7c(cc6c5c4)C(C)(C)c4ccccc4-7)nc4ccccc34)cc21. The molecule has 8 aromatic rings. The highest BCUT2D eigenvalue weighted by Crippen LogP contribution is 2.52. The molecule has 10 rings (SSSR count). The highest BCUT2D eigenvalue weighted by Gasteiger charge is 2.37. The molecule has 0 atom stereocenters. The molecule has 0 spiro atoms. The van der Waals surface area contributed by atoms with Gasteiger partial charge in [0.25, 0.3) is 0 Å². The van der Waals surface area contributed by atoms with Crippen molar-refractivity contribution in [2.75, 3.05) is 0 Å². The highest BCUT2D eigenvalue weighted by atomic mass is 16.3. The molecule has 0 N–H and O–H groups in total. The molecular weight excluding hydrogens is 572 g/mol. The summed E-state index contributed by atoms with van der Waals surface area (Å²) in [6.07, 6.45) is 0. The quantitative estimate of drug-likeness (QED) is 0.197. The van der Waals surface area contributed by atoms with Gasteiger partial charge in [-0.1, -0.05) is 107 Å². The summed E-state index contributed by atoms with van der Waals surface area (Å²) in [6.45, 7) is 9.29. The first-order valence-electron chi connectivity index (χ1n) is 16.4. The van der Waals surface area contributed by atoms with Crippen LogP contribution in [0.1, 0.15) is 49.9 Å². The minimum atomic E-state index is -0.0862. The molecule has 0 aliphatic heterocycles. The lowest BCUT2D eigenvalue weighted by molar-refractivity contribution is 0.658. The van der Waals surface area contributed by atoms with E-state index in [2.05, 4.69) is 149 Å². The van der Waals surface area contributed by atoms with Crippen molar-refractivity contribution >= 4 is 32.8 Å². The number of hydrogen-bond acceptors (Lipinski definition) is 3. The number of aromatic nitrogens is 2. The second kappa shape index (κ2) is 9.04. The van der Waals surface area contributed by atoms with Gasteiger partial charge in [0.05, 0.1) is 11.2 Å². The number of benzene rings is 6. The molecule has 0 bridgehead atoms. The van der Waals surface area contributed by atoms with Crippen molar-refractivity contribution in [2.24, 2.45) is 0 Å². The summed E-state index contributed by atoms with van der Waals surface area (Å²) in [6, 6.07) is 43.7. The van der Waals surface area contributed by atoms with Crippen LogP contribution >= 0.6 is 0 Å². The van der Waals surface area contributed by atoms with Gasteiger partial charge in [-0.25, -0.2) is 9.97 Å². The minimum Gasteiger partial charge on any atom is -0.456 e. The fourth-order valence-corrected chi connectivity index (χ4v) is 8.39. The Bertz CT molecular complexity index is 2640. The maximum Gasteiger partial charge on any atom is 0.160 e. The maximum atomic E-state index is 6.46. The van der Waals surface area contributed by atoms with Gasteiger partial charge in [0.15, 0.2) is 5.82 Å². The van der Waals surface area contributed by atoms with E-state index in [4.69, 9.17) is 14.4 Å². The number of hydrogen-bond donors (Lipinski definition) is 0. The lowest BCUT2D eigenvalue weighted by Gasteiger charge is -2.22. The summed E-state index contributed by atoms with van der Waals surface area (Å²) in [5, 5.41) is 3.27. The Morgan fingerprint density at radius 3 is 1.85 bits per heavy atom. The van der Waals surface area contributed by atoms with Crippen LogP contribution in [0.5, 0.6) is 0 Å². The third-order valence-corrected chi connectivity index (χ3v) is 10.9. The third kappa shape index (κ3) is 3.57. The van der Waals surface area contributed by atoms with Crippen molar-refractivity contribution in [3.8, 4) is 44.9 Å². The summed E-state index contributed by atoms with van der Waals surface area (Å²) in [5.74, 6) is 0.715. The van der Waals surface area contributed by atoms with Crippen LogP contribution in [0.4, 0.5) is 0 Å². The zero-order valence-corrected chi connectivity index (χ0v) is 26.8. The molecule has 47 heavy (non-hydrogen) atoms. The normalized spacial score (nSPS) is 15.1. The largest absolute Gasteiger partial charge is 0.456 e. The minimum absolute atomic E-state index is 0.0799. The predicted molar refractivity (Wildman–Crippen MR) is 193 cm³/mol. The number of para-hydroxylation sites is 1. The van der Waals surface area contributed by atoms with Crippen LogP contribution in [0.3, 0.4) is 0 Å². The Kier molecular flexibility index (Phi) is 5.13. The molecule has 0 amide bonds. The zero-order valence-electron chi connectivity index (χ0n) is 26.8. The van der Waals surface area contributed by atoms with Crippen LogP contribution in [0.15, 0.2) is 126 Å². The van der Waals surface area contributed by atoms with Crippen molar-refractivity contribution in [1.29, 1.82) is 0 Å². The first kappa shape index (κ1) is 26.7. The fraction of sp³-hybridized carbons (Fsp3) is 0.136. The standard InChI is InChI=1S/C44H32N2O/c1-43(2)34-14-8-5-11-27(34)29-19-17-25(22-36(29)43)41-30-13-7-10-16-38(30)45-42(46-41)26-18-20-39-32(21-26)33-23-37-31(24-40(33)47-39)28-12-6-9-15-35(28)44(37,3)4/h5-24H,1-4H3. The molecule has 0 saturated carbocycles. The summed E-state index contributed by atoms with van der Waals surface area (Å²) < 4.78 is 6.46. The average molecular weight is 605 g/mol. The molecular formula is C44H32N2O.